The number of hydrogen-bond acceptors (Lipinski definition) is 3. The SMILES string of the molecule is N[C@H](c1ccc(Cl)c(Cl)c1O)C1CCOCC1. The van der Waals surface area contributed by atoms with E-state index in [4.69, 9.17) is 33.7 Å². The summed E-state index contributed by atoms with van der Waals surface area (Å²) in [5.74, 6) is 0.310. The Bertz CT molecular complexity index is 406. The minimum Gasteiger partial charge on any atom is -0.506 e. The molecule has 1 fully saturated rings. The van der Waals surface area contributed by atoms with E-state index in [0.717, 1.165) is 26.1 Å². The second kappa shape index (κ2) is 5.44. The summed E-state index contributed by atoms with van der Waals surface area (Å²) in [7, 11) is 0. The van der Waals surface area contributed by atoms with Gasteiger partial charge < -0.3 is 15.6 Å². The summed E-state index contributed by atoms with van der Waals surface area (Å²) in [5, 5.41) is 10.5. The van der Waals surface area contributed by atoms with Crippen LogP contribution in [0.15, 0.2) is 12.1 Å². The van der Waals surface area contributed by atoms with E-state index in [1.807, 2.05) is 0 Å². The van der Waals surface area contributed by atoms with Gasteiger partial charge in [0.05, 0.1) is 5.02 Å². The fourth-order valence-corrected chi connectivity index (χ4v) is 2.48. The highest BCUT2D eigenvalue weighted by atomic mass is 35.5. The number of aromatic hydroxyl groups is 1. The summed E-state index contributed by atoms with van der Waals surface area (Å²) < 4.78 is 5.29. The zero-order valence-electron chi connectivity index (χ0n) is 9.33. The third-order valence-electron chi connectivity index (χ3n) is 3.23. The maximum atomic E-state index is 9.95. The van der Waals surface area contributed by atoms with Crippen LogP contribution in [0.4, 0.5) is 0 Å². The second-order valence-electron chi connectivity index (χ2n) is 4.27. The maximum Gasteiger partial charge on any atom is 0.140 e. The van der Waals surface area contributed by atoms with E-state index >= 15 is 0 Å². The number of phenols is 1. The molecule has 1 aromatic carbocycles. The summed E-state index contributed by atoms with van der Waals surface area (Å²) in [5.41, 5.74) is 6.83. The van der Waals surface area contributed by atoms with Crippen LogP contribution in [0.5, 0.6) is 5.75 Å². The number of rotatable bonds is 2. The zero-order chi connectivity index (χ0) is 12.4. The first-order valence-corrected chi connectivity index (χ1v) is 6.37. The Labute approximate surface area is 110 Å². The molecule has 0 amide bonds. The summed E-state index contributed by atoms with van der Waals surface area (Å²) in [4.78, 5) is 0. The van der Waals surface area contributed by atoms with Crippen molar-refractivity contribution in [3.63, 3.8) is 0 Å². The lowest BCUT2D eigenvalue weighted by atomic mass is 9.87. The van der Waals surface area contributed by atoms with Gasteiger partial charge in [0, 0.05) is 24.8 Å². The average Bonchev–Trinajstić information content (AvgIpc) is 2.36. The van der Waals surface area contributed by atoms with E-state index < -0.39 is 0 Å². The van der Waals surface area contributed by atoms with Gasteiger partial charge in [0.15, 0.2) is 0 Å². The molecule has 3 nitrogen and oxygen atoms in total. The van der Waals surface area contributed by atoms with Crippen LogP contribution in [0.3, 0.4) is 0 Å². The van der Waals surface area contributed by atoms with Crippen LogP contribution < -0.4 is 5.73 Å². The fourth-order valence-electron chi connectivity index (χ4n) is 2.15. The summed E-state index contributed by atoms with van der Waals surface area (Å²) in [6, 6.07) is 3.18. The van der Waals surface area contributed by atoms with Gasteiger partial charge >= 0.3 is 0 Å². The Kier molecular flexibility index (Phi) is 4.15. The standard InChI is InChI=1S/C12H15Cl2NO2/c13-9-2-1-8(12(16)10(9)14)11(15)7-3-5-17-6-4-7/h1-2,7,11,16H,3-6,15H2/t11-/m0/s1. The fraction of sp³-hybridized carbons (Fsp3) is 0.500. The van der Waals surface area contributed by atoms with Crippen molar-refractivity contribution in [3.05, 3.63) is 27.7 Å². The van der Waals surface area contributed by atoms with Crippen molar-refractivity contribution in [2.24, 2.45) is 11.7 Å². The van der Waals surface area contributed by atoms with Crippen LogP contribution in [0.2, 0.25) is 10.0 Å². The minimum atomic E-state index is -0.228. The molecular weight excluding hydrogens is 261 g/mol. The summed E-state index contributed by atoms with van der Waals surface area (Å²) >= 11 is 11.7. The molecule has 1 atom stereocenters. The molecule has 1 aromatic rings. The van der Waals surface area contributed by atoms with Gasteiger partial charge in [-0.2, -0.15) is 0 Å². The highest BCUT2D eigenvalue weighted by Gasteiger charge is 2.25. The van der Waals surface area contributed by atoms with E-state index in [-0.39, 0.29) is 16.8 Å². The Morgan fingerprint density at radius 3 is 2.59 bits per heavy atom. The second-order valence-corrected chi connectivity index (χ2v) is 5.06. The predicted octanol–water partition coefficient (Wildman–Crippen LogP) is 3.13. The van der Waals surface area contributed by atoms with Gasteiger partial charge in [-0.3, -0.25) is 0 Å². The van der Waals surface area contributed by atoms with E-state index in [9.17, 15) is 5.11 Å². The number of phenolic OH excluding ortho intramolecular Hbond substituents is 1. The molecule has 0 spiro atoms. The predicted molar refractivity (Wildman–Crippen MR) is 68.6 cm³/mol. The van der Waals surface area contributed by atoms with Crippen molar-refractivity contribution in [2.45, 2.75) is 18.9 Å². The first kappa shape index (κ1) is 13.0. The van der Waals surface area contributed by atoms with Gasteiger partial charge in [0.1, 0.15) is 10.8 Å². The third kappa shape index (κ3) is 2.68. The van der Waals surface area contributed by atoms with Gasteiger partial charge in [-0.15, -0.1) is 0 Å². The number of ether oxygens (including phenoxy) is 1. The topological polar surface area (TPSA) is 55.5 Å². The minimum absolute atomic E-state index is 0.00171. The Hall–Kier alpha value is -0.480. The summed E-state index contributed by atoms with van der Waals surface area (Å²) in [6.07, 6.45) is 1.81. The molecule has 1 aliphatic rings. The molecule has 0 bridgehead atoms. The number of hydrogen-bond donors (Lipinski definition) is 2. The monoisotopic (exact) mass is 275 g/mol. The molecule has 5 heteroatoms. The van der Waals surface area contributed by atoms with Crippen LogP contribution in [-0.2, 0) is 4.74 Å². The van der Waals surface area contributed by atoms with E-state index in [1.165, 1.54) is 0 Å². The van der Waals surface area contributed by atoms with Crippen molar-refractivity contribution in [3.8, 4) is 5.75 Å². The maximum absolute atomic E-state index is 9.95. The molecule has 1 saturated heterocycles. The van der Waals surface area contributed by atoms with Crippen molar-refractivity contribution < 1.29 is 9.84 Å². The first-order chi connectivity index (χ1) is 8.11. The third-order valence-corrected chi connectivity index (χ3v) is 4.03. The summed E-state index contributed by atoms with van der Waals surface area (Å²) in [6.45, 7) is 1.45. The molecule has 17 heavy (non-hydrogen) atoms. The molecule has 0 saturated carbocycles. The molecule has 94 valence electrons. The normalized spacial score (nSPS) is 19.2. The molecule has 3 N–H and O–H groups in total. The first-order valence-electron chi connectivity index (χ1n) is 5.61. The smallest absolute Gasteiger partial charge is 0.140 e. The lowest BCUT2D eigenvalue weighted by Crippen LogP contribution is -2.27. The molecule has 2 rings (SSSR count). The molecule has 0 aromatic heterocycles. The number of benzene rings is 1. The molecule has 1 aliphatic heterocycles. The lowest BCUT2D eigenvalue weighted by Gasteiger charge is -2.28. The Morgan fingerprint density at radius 1 is 1.29 bits per heavy atom. The highest BCUT2D eigenvalue weighted by Crippen LogP contribution is 2.39. The van der Waals surface area contributed by atoms with Gasteiger partial charge in [0.2, 0.25) is 0 Å². The van der Waals surface area contributed by atoms with E-state index in [1.54, 1.807) is 12.1 Å². The zero-order valence-corrected chi connectivity index (χ0v) is 10.8. The van der Waals surface area contributed by atoms with Crippen LogP contribution in [0.25, 0.3) is 0 Å². The van der Waals surface area contributed by atoms with Crippen LogP contribution in [-0.4, -0.2) is 18.3 Å². The Balaban J connectivity index is 2.24. The van der Waals surface area contributed by atoms with Gasteiger partial charge in [0.25, 0.3) is 0 Å². The van der Waals surface area contributed by atoms with E-state index in [2.05, 4.69) is 0 Å². The van der Waals surface area contributed by atoms with Crippen LogP contribution in [0.1, 0.15) is 24.4 Å². The largest absolute Gasteiger partial charge is 0.506 e. The van der Waals surface area contributed by atoms with Gasteiger partial charge in [-0.1, -0.05) is 29.3 Å². The van der Waals surface area contributed by atoms with Crippen molar-refractivity contribution in [1.82, 2.24) is 0 Å². The number of halogens is 2. The van der Waals surface area contributed by atoms with Crippen LogP contribution >= 0.6 is 23.2 Å². The molecule has 0 aliphatic carbocycles. The van der Waals surface area contributed by atoms with Crippen molar-refractivity contribution >= 4 is 23.2 Å². The highest BCUT2D eigenvalue weighted by molar-refractivity contribution is 6.43. The van der Waals surface area contributed by atoms with Gasteiger partial charge in [-0.25, -0.2) is 0 Å². The van der Waals surface area contributed by atoms with Crippen LogP contribution in [0, 0.1) is 5.92 Å². The average molecular weight is 276 g/mol. The van der Waals surface area contributed by atoms with Gasteiger partial charge in [-0.05, 0) is 24.8 Å². The van der Waals surface area contributed by atoms with Crippen molar-refractivity contribution in [1.29, 1.82) is 0 Å². The van der Waals surface area contributed by atoms with E-state index in [0.29, 0.717) is 16.5 Å². The molecular formula is C12H15Cl2NO2. The van der Waals surface area contributed by atoms with Crippen molar-refractivity contribution in [2.75, 3.05) is 13.2 Å². The Morgan fingerprint density at radius 2 is 1.94 bits per heavy atom. The molecule has 0 radical (unpaired) electrons. The quantitative estimate of drug-likeness (QED) is 0.872. The lowest BCUT2D eigenvalue weighted by molar-refractivity contribution is 0.0581. The number of nitrogens with two attached hydrogens (primary N) is 1. The molecule has 0 unspecified atom stereocenters. The molecule has 1 heterocycles.